The molecule has 3 rings (SSSR count). The largest absolute Gasteiger partial charge is 0.348 e. The van der Waals surface area contributed by atoms with Crippen LogP contribution in [0.15, 0.2) is 47.4 Å². The summed E-state index contributed by atoms with van der Waals surface area (Å²) in [5, 5.41) is 13.9. The van der Waals surface area contributed by atoms with E-state index in [0.717, 1.165) is 29.1 Å². The summed E-state index contributed by atoms with van der Waals surface area (Å²) in [4.78, 5) is 37.4. The topological polar surface area (TPSA) is 92.5 Å². The van der Waals surface area contributed by atoms with Crippen molar-refractivity contribution < 1.29 is 14.5 Å². The molecule has 0 bridgehead atoms. The molecule has 0 radical (unpaired) electrons. The van der Waals surface area contributed by atoms with E-state index in [0.29, 0.717) is 6.42 Å². The minimum atomic E-state index is -0.555. The fourth-order valence-corrected chi connectivity index (χ4v) is 3.42. The second kappa shape index (κ2) is 8.22. The van der Waals surface area contributed by atoms with E-state index >= 15 is 0 Å². The monoisotopic (exact) mass is 385 g/mol. The molecule has 0 spiro atoms. The maximum atomic E-state index is 12.5. The van der Waals surface area contributed by atoms with E-state index in [1.165, 1.54) is 23.9 Å². The molecule has 2 aromatic carbocycles. The highest BCUT2D eigenvalue weighted by Gasteiger charge is 2.22. The van der Waals surface area contributed by atoms with Gasteiger partial charge in [-0.25, -0.2) is 0 Å². The number of carbonyl (C=O) groups is 2. The van der Waals surface area contributed by atoms with Gasteiger partial charge in [-0.15, -0.1) is 11.8 Å². The summed E-state index contributed by atoms with van der Waals surface area (Å²) in [5.41, 5.74) is 1.53. The number of hydrogen-bond acceptors (Lipinski definition) is 5. The van der Waals surface area contributed by atoms with Crippen LogP contribution >= 0.6 is 11.8 Å². The molecule has 0 aromatic heterocycles. The molecule has 0 saturated carbocycles. The van der Waals surface area contributed by atoms with E-state index in [1.54, 1.807) is 11.0 Å². The molecule has 1 N–H and O–H groups in total. The third-order valence-corrected chi connectivity index (χ3v) is 5.14. The molecule has 1 heterocycles. The zero-order valence-corrected chi connectivity index (χ0v) is 15.6. The number of nitro benzene ring substituents is 1. The first-order valence-electron chi connectivity index (χ1n) is 8.49. The van der Waals surface area contributed by atoms with Crippen LogP contribution in [0.25, 0.3) is 0 Å². The lowest BCUT2D eigenvalue weighted by Crippen LogP contribution is -2.24. The summed E-state index contributed by atoms with van der Waals surface area (Å²) < 4.78 is 0. The van der Waals surface area contributed by atoms with Crippen molar-refractivity contribution in [2.24, 2.45) is 0 Å². The third kappa shape index (κ3) is 4.28. The number of nitro groups is 1. The van der Waals surface area contributed by atoms with Crippen molar-refractivity contribution in [2.45, 2.75) is 24.3 Å². The molecule has 1 aliphatic heterocycles. The number of nitrogens with zero attached hydrogens (tertiary/aromatic N) is 2. The number of carbonyl (C=O) groups excluding carboxylic acids is 2. The fourth-order valence-electron chi connectivity index (χ4n) is 2.98. The Balaban J connectivity index is 1.69. The van der Waals surface area contributed by atoms with Gasteiger partial charge in [0, 0.05) is 36.2 Å². The molecule has 8 heteroatoms. The zero-order valence-electron chi connectivity index (χ0n) is 14.8. The van der Waals surface area contributed by atoms with Gasteiger partial charge in [0.15, 0.2) is 0 Å². The van der Waals surface area contributed by atoms with Crippen LogP contribution < -0.4 is 10.2 Å². The first-order valence-corrected chi connectivity index (χ1v) is 9.72. The molecular formula is C19H19N3O4S. The Morgan fingerprint density at radius 1 is 1.26 bits per heavy atom. The van der Waals surface area contributed by atoms with Crippen LogP contribution in [0.1, 0.15) is 28.8 Å². The van der Waals surface area contributed by atoms with E-state index in [9.17, 15) is 19.7 Å². The van der Waals surface area contributed by atoms with Crippen LogP contribution in [0.3, 0.4) is 0 Å². The number of hydrogen-bond donors (Lipinski definition) is 1. The van der Waals surface area contributed by atoms with Crippen LogP contribution in [0.5, 0.6) is 0 Å². The van der Waals surface area contributed by atoms with Crippen LogP contribution in [0.4, 0.5) is 11.4 Å². The molecular weight excluding hydrogens is 366 g/mol. The fraction of sp³-hybridized carbons (Fsp3) is 0.263. The average molecular weight is 385 g/mol. The Morgan fingerprint density at radius 2 is 2.00 bits per heavy atom. The van der Waals surface area contributed by atoms with Gasteiger partial charge >= 0.3 is 0 Å². The van der Waals surface area contributed by atoms with Crippen molar-refractivity contribution in [3.8, 4) is 0 Å². The van der Waals surface area contributed by atoms with Crippen molar-refractivity contribution in [1.82, 2.24) is 5.32 Å². The summed E-state index contributed by atoms with van der Waals surface area (Å²) in [6.07, 6.45) is 3.28. The Morgan fingerprint density at radius 3 is 2.59 bits per heavy atom. The van der Waals surface area contributed by atoms with Crippen molar-refractivity contribution in [2.75, 3.05) is 17.7 Å². The quantitative estimate of drug-likeness (QED) is 0.467. The lowest BCUT2D eigenvalue weighted by atomic mass is 10.1. The number of rotatable bonds is 6. The minimum absolute atomic E-state index is 0.0473. The molecule has 1 fully saturated rings. The number of benzene rings is 2. The van der Waals surface area contributed by atoms with Crippen LogP contribution in [-0.4, -0.2) is 29.5 Å². The SMILES string of the molecule is CSc1ccc([N+](=O)[O-])c(C(=O)NCc2ccc(N3CCCC3=O)cc2)c1. The smallest absolute Gasteiger partial charge is 0.282 e. The van der Waals surface area contributed by atoms with Gasteiger partial charge in [0.2, 0.25) is 5.91 Å². The van der Waals surface area contributed by atoms with Crippen LogP contribution in [0, 0.1) is 10.1 Å². The second-order valence-electron chi connectivity index (χ2n) is 6.14. The third-order valence-electron chi connectivity index (χ3n) is 4.42. The number of amides is 2. The molecule has 2 amide bonds. The minimum Gasteiger partial charge on any atom is -0.348 e. The summed E-state index contributed by atoms with van der Waals surface area (Å²) in [6, 6.07) is 11.9. The Kier molecular flexibility index (Phi) is 5.75. The standard InChI is InChI=1S/C19H19N3O4S/c1-27-15-8-9-17(22(25)26)16(11-15)19(24)20-12-13-4-6-14(7-5-13)21-10-2-3-18(21)23/h4-9,11H,2-3,10,12H2,1H3,(H,20,24). The Hall–Kier alpha value is -2.87. The maximum absolute atomic E-state index is 12.5. The van der Waals surface area contributed by atoms with Gasteiger partial charge in [0.25, 0.3) is 11.6 Å². The van der Waals surface area contributed by atoms with E-state index in [4.69, 9.17) is 0 Å². The summed E-state index contributed by atoms with van der Waals surface area (Å²) >= 11 is 1.41. The molecule has 27 heavy (non-hydrogen) atoms. The van der Waals surface area contributed by atoms with Crippen molar-refractivity contribution in [1.29, 1.82) is 0 Å². The predicted octanol–water partition coefficient (Wildman–Crippen LogP) is 3.37. The second-order valence-corrected chi connectivity index (χ2v) is 7.02. The van der Waals surface area contributed by atoms with Gasteiger partial charge in [-0.05, 0) is 42.5 Å². The lowest BCUT2D eigenvalue weighted by molar-refractivity contribution is -0.385. The highest BCUT2D eigenvalue weighted by molar-refractivity contribution is 7.98. The van der Waals surface area contributed by atoms with E-state index in [-0.39, 0.29) is 23.7 Å². The molecule has 7 nitrogen and oxygen atoms in total. The van der Waals surface area contributed by atoms with E-state index in [2.05, 4.69) is 5.32 Å². The van der Waals surface area contributed by atoms with Gasteiger partial charge in [0.1, 0.15) is 5.56 Å². The van der Waals surface area contributed by atoms with Gasteiger partial charge in [-0.2, -0.15) is 0 Å². The van der Waals surface area contributed by atoms with E-state index < -0.39 is 10.8 Å². The van der Waals surface area contributed by atoms with Crippen LogP contribution in [0.2, 0.25) is 0 Å². The van der Waals surface area contributed by atoms with Gasteiger partial charge < -0.3 is 10.2 Å². The van der Waals surface area contributed by atoms with E-state index in [1.807, 2.05) is 30.5 Å². The average Bonchev–Trinajstić information content (AvgIpc) is 3.11. The maximum Gasteiger partial charge on any atom is 0.282 e. The van der Waals surface area contributed by atoms with Gasteiger partial charge in [-0.1, -0.05) is 12.1 Å². The number of nitrogens with one attached hydrogen (secondary N) is 1. The zero-order chi connectivity index (χ0) is 19.4. The molecule has 0 aliphatic carbocycles. The molecule has 0 unspecified atom stereocenters. The Labute approximate surface area is 160 Å². The highest BCUT2D eigenvalue weighted by Crippen LogP contribution is 2.25. The van der Waals surface area contributed by atoms with Crippen molar-refractivity contribution >= 4 is 35.0 Å². The molecule has 140 valence electrons. The number of anilines is 1. The lowest BCUT2D eigenvalue weighted by Gasteiger charge is -2.16. The predicted molar refractivity (Wildman–Crippen MR) is 104 cm³/mol. The summed E-state index contributed by atoms with van der Waals surface area (Å²) in [7, 11) is 0. The molecule has 2 aromatic rings. The van der Waals surface area contributed by atoms with Gasteiger partial charge in [0.05, 0.1) is 4.92 Å². The normalized spacial score (nSPS) is 13.7. The summed E-state index contributed by atoms with van der Waals surface area (Å²) in [6.45, 7) is 0.970. The molecule has 1 saturated heterocycles. The number of thioether (sulfide) groups is 1. The molecule has 1 aliphatic rings. The van der Waals surface area contributed by atoms with Crippen LogP contribution in [-0.2, 0) is 11.3 Å². The van der Waals surface area contributed by atoms with Crippen molar-refractivity contribution in [3.05, 3.63) is 63.7 Å². The molecule has 0 atom stereocenters. The first-order chi connectivity index (χ1) is 13.0. The Bertz CT molecular complexity index is 883. The van der Waals surface area contributed by atoms with Crippen molar-refractivity contribution in [3.63, 3.8) is 0 Å². The summed E-state index contributed by atoms with van der Waals surface area (Å²) in [5.74, 6) is -0.367. The van der Waals surface area contributed by atoms with Gasteiger partial charge in [-0.3, -0.25) is 19.7 Å². The first kappa shape index (κ1) is 18.9. The highest BCUT2D eigenvalue weighted by atomic mass is 32.2.